The zero-order valence-electron chi connectivity index (χ0n) is 16.4. The number of amides is 1. The van der Waals surface area contributed by atoms with Gasteiger partial charge < -0.3 is 10.6 Å². The van der Waals surface area contributed by atoms with E-state index in [0.29, 0.717) is 17.6 Å². The summed E-state index contributed by atoms with van der Waals surface area (Å²) >= 11 is 0. The van der Waals surface area contributed by atoms with Crippen molar-refractivity contribution in [3.05, 3.63) is 23.8 Å². The molecule has 2 rings (SSSR count). The van der Waals surface area contributed by atoms with Crippen molar-refractivity contribution in [3.63, 3.8) is 0 Å². The number of hydrogen-bond acceptors (Lipinski definition) is 4. The topological polar surface area (TPSA) is 78.5 Å². The van der Waals surface area contributed by atoms with Crippen molar-refractivity contribution in [2.24, 2.45) is 5.92 Å². The SMILES string of the molecule is Cc1ccc(S(=O)(=O)N(C)C)cc1NC(=O)C(C)NC1CCCCC1C. The molecule has 1 saturated carbocycles. The second-order valence-electron chi connectivity index (χ2n) is 7.51. The van der Waals surface area contributed by atoms with Crippen LogP contribution >= 0.6 is 0 Å². The number of benzene rings is 1. The quantitative estimate of drug-likeness (QED) is 0.794. The highest BCUT2D eigenvalue weighted by Crippen LogP contribution is 2.25. The molecule has 0 aliphatic heterocycles. The van der Waals surface area contributed by atoms with E-state index in [9.17, 15) is 13.2 Å². The fourth-order valence-electron chi connectivity index (χ4n) is 3.31. The van der Waals surface area contributed by atoms with Gasteiger partial charge in [0.1, 0.15) is 0 Å². The molecular formula is C19H31N3O3S. The fourth-order valence-corrected chi connectivity index (χ4v) is 4.24. The van der Waals surface area contributed by atoms with Crippen molar-refractivity contribution in [3.8, 4) is 0 Å². The number of hydrogen-bond donors (Lipinski definition) is 2. The lowest BCUT2D eigenvalue weighted by Gasteiger charge is -2.31. The highest BCUT2D eigenvalue weighted by Gasteiger charge is 2.25. The van der Waals surface area contributed by atoms with E-state index in [1.54, 1.807) is 12.1 Å². The van der Waals surface area contributed by atoms with Gasteiger partial charge in [0.15, 0.2) is 0 Å². The Labute approximate surface area is 157 Å². The Bertz CT molecular complexity index is 746. The predicted molar refractivity (Wildman–Crippen MR) is 105 cm³/mol. The zero-order chi connectivity index (χ0) is 19.5. The lowest BCUT2D eigenvalue weighted by molar-refractivity contribution is -0.118. The summed E-state index contributed by atoms with van der Waals surface area (Å²) in [5.41, 5.74) is 1.36. The number of nitrogens with one attached hydrogen (secondary N) is 2. The summed E-state index contributed by atoms with van der Waals surface area (Å²) in [6.45, 7) is 5.93. The molecule has 0 aromatic heterocycles. The molecule has 1 fully saturated rings. The van der Waals surface area contributed by atoms with Crippen molar-refractivity contribution in [1.29, 1.82) is 0 Å². The van der Waals surface area contributed by atoms with E-state index >= 15 is 0 Å². The standard InChI is InChI=1S/C19H31N3O3S/c1-13-8-6-7-9-17(13)20-15(3)19(23)21-18-12-16(11-10-14(18)2)26(24,25)22(4)5/h10-13,15,17,20H,6-9H2,1-5H3,(H,21,23). The Morgan fingerprint density at radius 3 is 2.50 bits per heavy atom. The molecule has 1 amide bonds. The smallest absolute Gasteiger partial charge is 0.242 e. The monoisotopic (exact) mass is 381 g/mol. The predicted octanol–water partition coefficient (Wildman–Crippen LogP) is 2.74. The molecule has 7 heteroatoms. The van der Waals surface area contributed by atoms with Crippen molar-refractivity contribution < 1.29 is 13.2 Å². The number of anilines is 1. The van der Waals surface area contributed by atoms with Gasteiger partial charge in [0, 0.05) is 25.8 Å². The summed E-state index contributed by atoms with van der Waals surface area (Å²) in [4.78, 5) is 12.8. The number of rotatable bonds is 6. The van der Waals surface area contributed by atoms with E-state index < -0.39 is 10.0 Å². The molecule has 2 N–H and O–H groups in total. The van der Waals surface area contributed by atoms with Gasteiger partial charge in [0.25, 0.3) is 0 Å². The first-order valence-corrected chi connectivity index (χ1v) is 10.7. The van der Waals surface area contributed by atoms with Gasteiger partial charge in [-0.25, -0.2) is 12.7 Å². The molecular weight excluding hydrogens is 350 g/mol. The highest BCUT2D eigenvalue weighted by atomic mass is 32.2. The van der Waals surface area contributed by atoms with E-state index in [1.165, 1.54) is 39.4 Å². The lowest BCUT2D eigenvalue weighted by Crippen LogP contribution is -2.47. The van der Waals surface area contributed by atoms with Crippen LogP contribution in [-0.4, -0.2) is 44.8 Å². The van der Waals surface area contributed by atoms with Crippen molar-refractivity contribution in [2.75, 3.05) is 19.4 Å². The Morgan fingerprint density at radius 2 is 1.88 bits per heavy atom. The van der Waals surface area contributed by atoms with Crippen LogP contribution in [0, 0.1) is 12.8 Å². The summed E-state index contributed by atoms with van der Waals surface area (Å²) in [5.74, 6) is 0.416. The third-order valence-corrected chi connectivity index (χ3v) is 7.03. The van der Waals surface area contributed by atoms with Crippen LogP contribution in [0.1, 0.15) is 45.1 Å². The van der Waals surface area contributed by atoms with E-state index in [0.717, 1.165) is 16.3 Å². The van der Waals surface area contributed by atoms with Crippen LogP contribution in [0.15, 0.2) is 23.1 Å². The minimum Gasteiger partial charge on any atom is -0.324 e. The highest BCUT2D eigenvalue weighted by molar-refractivity contribution is 7.89. The van der Waals surface area contributed by atoms with Crippen LogP contribution in [0.4, 0.5) is 5.69 Å². The van der Waals surface area contributed by atoms with E-state index in [2.05, 4.69) is 17.6 Å². The molecule has 6 nitrogen and oxygen atoms in total. The Kier molecular flexibility index (Phi) is 6.82. The lowest BCUT2D eigenvalue weighted by atomic mass is 9.85. The van der Waals surface area contributed by atoms with Crippen LogP contribution in [0.25, 0.3) is 0 Å². The number of aryl methyl sites for hydroxylation is 1. The maximum Gasteiger partial charge on any atom is 0.242 e. The van der Waals surface area contributed by atoms with Crippen molar-refractivity contribution in [2.45, 2.75) is 63.4 Å². The third kappa shape index (κ3) is 4.84. The van der Waals surface area contributed by atoms with E-state index in [1.807, 2.05) is 13.8 Å². The van der Waals surface area contributed by atoms with Gasteiger partial charge >= 0.3 is 0 Å². The molecule has 0 radical (unpaired) electrons. The molecule has 1 aromatic rings. The van der Waals surface area contributed by atoms with Gasteiger partial charge in [-0.2, -0.15) is 0 Å². The summed E-state index contributed by atoms with van der Waals surface area (Å²) in [6.07, 6.45) is 4.73. The molecule has 3 unspecified atom stereocenters. The molecule has 0 heterocycles. The summed E-state index contributed by atoms with van der Waals surface area (Å²) < 4.78 is 25.8. The number of carbonyl (C=O) groups excluding carboxylic acids is 1. The van der Waals surface area contributed by atoms with Gasteiger partial charge in [0.2, 0.25) is 15.9 Å². The van der Waals surface area contributed by atoms with E-state index in [-0.39, 0.29) is 16.8 Å². The largest absolute Gasteiger partial charge is 0.324 e. The Morgan fingerprint density at radius 1 is 1.23 bits per heavy atom. The first-order chi connectivity index (χ1) is 12.1. The first-order valence-electron chi connectivity index (χ1n) is 9.23. The van der Waals surface area contributed by atoms with Gasteiger partial charge in [-0.3, -0.25) is 4.79 Å². The molecule has 1 aromatic carbocycles. The van der Waals surface area contributed by atoms with Crippen LogP contribution in [-0.2, 0) is 14.8 Å². The maximum atomic E-state index is 12.6. The van der Waals surface area contributed by atoms with Gasteiger partial charge in [-0.15, -0.1) is 0 Å². The first kappa shape index (κ1) is 20.9. The molecule has 1 aliphatic carbocycles. The van der Waals surface area contributed by atoms with E-state index in [4.69, 9.17) is 0 Å². The fraction of sp³-hybridized carbons (Fsp3) is 0.632. The number of sulfonamides is 1. The summed E-state index contributed by atoms with van der Waals surface area (Å²) in [5, 5.41) is 6.31. The average molecular weight is 382 g/mol. The Hall–Kier alpha value is -1.44. The van der Waals surface area contributed by atoms with Crippen LogP contribution in [0.3, 0.4) is 0 Å². The van der Waals surface area contributed by atoms with Crippen LogP contribution in [0.5, 0.6) is 0 Å². The molecule has 0 spiro atoms. The minimum absolute atomic E-state index is 0.148. The molecule has 1 aliphatic rings. The molecule has 0 bridgehead atoms. The molecule has 146 valence electrons. The second kappa shape index (κ2) is 8.50. The van der Waals surface area contributed by atoms with Gasteiger partial charge in [0.05, 0.1) is 10.9 Å². The van der Waals surface area contributed by atoms with Gasteiger partial charge in [-0.05, 0) is 50.3 Å². The van der Waals surface area contributed by atoms with Gasteiger partial charge in [-0.1, -0.05) is 25.8 Å². The third-order valence-electron chi connectivity index (χ3n) is 5.21. The zero-order valence-corrected chi connectivity index (χ0v) is 17.2. The molecule has 0 saturated heterocycles. The normalized spacial score (nSPS) is 22.2. The Balaban J connectivity index is 2.10. The average Bonchev–Trinajstić information content (AvgIpc) is 2.58. The molecule has 3 atom stereocenters. The van der Waals surface area contributed by atoms with Crippen molar-refractivity contribution in [1.82, 2.24) is 9.62 Å². The maximum absolute atomic E-state index is 12.6. The molecule has 26 heavy (non-hydrogen) atoms. The summed E-state index contributed by atoms with van der Waals surface area (Å²) in [7, 11) is -0.554. The van der Waals surface area contributed by atoms with Crippen LogP contribution < -0.4 is 10.6 Å². The number of carbonyl (C=O) groups is 1. The summed E-state index contributed by atoms with van der Waals surface area (Å²) in [6, 6.07) is 4.82. The minimum atomic E-state index is -3.54. The number of nitrogens with zero attached hydrogens (tertiary/aromatic N) is 1. The van der Waals surface area contributed by atoms with Crippen molar-refractivity contribution >= 4 is 21.6 Å². The second-order valence-corrected chi connectivity index (χ2v) is 9.66. The van der Waals surface area contributed by atoms with Crippen LogP contribution in [0.2, 0.25) is 0 Å².